The lowest BCUT2D eigenvalue weighted by molar-refractivity contribution is 0.573. The number of thiazole rings is 1. The first-order valence-corrected chi connectivity index (χ1v) is 7.66. The van der Waals surface area contributed by atoms with Gasteiger partial charge in [-0.15, -0.1) is 11.3 Å². The number of rotatable bonds is 5. The summed E-state index contributed by atoms with van der Waals surface area (Å²) >= 11 is 1.75. The maximum Gasteiger partial charge on any atom is 0.0940 e. The molecule has 0 bridgehead atoms. The summed E-state index contributed by atoms with van der Waals surface area (Å²) in [4.78, 5) is 4.49. The van der Waals surface area contributed by atoms with E-state index in [9.17, 15) is 0 Å². The van der Waals surface area contributed by atoms with Crippen LogP contribution in [0.15, 0.2) is 23.6 Å². The van der Waals surface area contributed by atoms with Gasteiger partial charge in [-0.1, -0.05) is 23.8 Å². The van der Waals surface area contributed by atoms with Crippen molar-refractivity contribution in [2.24, 2.45) is 0 Å². The maximum atomic E-state index is 4.49. The van der Waals surface area contributed by atoms with Crippen LogP contribution in [0.25, 0.3) is 0 Å². The zero-order chi connectivity index (χ0) is 13.8. The number of nitrogens with one attached hydrogen (secondary N) is 1. The third kappa shape index (κ3) is 3.88. The summed E-state index contributed by atoms with van der Waals surface area (Å²) in [7, 11) is 0. The summed E-state index contributed by atoms with van der Waals surface area (Å²) in [6, 6.07) is 7.04. The Morgan fingerprint density at radius 1 is 1.26 bits per heavy atom. The van der Waals surface area contributed by atoms with Crippen LogP contribution in [0.1, 0.15) is 40.4 Å². The molecule has 2 aromatic rings. The summed E-state index contributed by atoms with van der Waals surface area (Å²) in [5.74, 6) is 0. The SMILES string of the molecule is Cc1ccc(C)c(C(C)NCCc2nc(C)cs2)c1. The van der Waals surface area contributed by atoms with E-state index >= 15 is 0 Å². The Balaban J connectivity index is 1.90. The van der Waals surface area contributed by atoms with E-state index in [1.54, 1.807) is 11.3 Å². The van der Waals surface area contributed by atoms with Gasteiger partial charge in [0.15, 0.2) is 0 Å². The molecule has 0 amide bonds. The van der Waals surface area contributed by atoms with Crippen LogP contribution in [0.3, 0.4) is 0 Å². The van der Waals surface area contributed by atoms with Gasteiger partial charge in [0.2, 0.25) is 0 Å². The van der Waals surface area contributed by atoms with Crippen LogP contribution in [-0.4, -0.2) is 11.5 Å². The first kappa shape index (κ1) is 14.2. The minimum absolute atomic E-state index is 0.390. The molecular weight excluding hydrogens is 252 g/mol. The minimum Gasteiger partial charge on any atom is -0.310 e. The van der Waals surface area contributed by atoms with Gasteiger partial charge in [-0.05, 0) is 38.8 Å². The molecule has 0 spiro atoms. The highest BCUT2D eigenvalue weighted by Gasteiger charge is 2.08. The normalized spacial score (nSPS) is 12.6. The molecule has 0 radical (unpaired) electrons. The summed E-state index contributed by atoms with van der Waals surface area (Å²) in [6.45, 7) is 9.58. The Labute approximate surface area is 119 Å². The number of hydrogen-bond donors (Lipinski definition) is 1. The van der Waals surface area contributed by atoms with Gasteiger partial charge < -0.3 is 5.32 Å². The first-order valence-electron chi connectivity index (χ1n) is 6.78. The van der Waals surface area contributed by atoms with Gasteiger partial charge in [0.05, 0.1) is 5.01 Å². The number of nitrogens with zero attached hydrogens (tertiary/aromatic N) is 1. The molecule has 0 aliphatic heterocycles. The van der Waals surface area contributed by atoms with E-state index < -0.39 is 0 Å². The highest BCUT2D eigenvalue weighted by molar-refractivity contribution is 7.09. The quantitative estimate of drug-likeness (QED) is 0.892. The molecule has 1 unspecified atom stereocenters. The van der Waals surface area contributed by atoms with E-state index in [-0.39, 0.29) is 0 Å². The molecule has 1 heterocycles. The largest absolute Gasteiger partial charge is 0.310 e. The van der Waals surface area contributed by atoms with Crippen molar-refractivity contribution < 1.29 is 0 Å². The molecule has 19 heavy (non-hydrogen) atoms. The summed E-state index contributed by atoms with van der Waals surface area (Å²) < 4.78 is 0. The molecule has 0 aliphatic rings. The molecule has 1 aromatic carbocycles. The van der Waals surface area contributed by atoms with Crippen molar-refractivity contribution in [3.8, 4) is 0 Å². The van der Waals surface area contributed by atoms with Gasteiger partial charge in [-0.3, -0.25) is 0 Å². The van der Waals surface area contributed by atoms with Crippen molar-refractivity contribution in [2.45, 2.75) is 40.2 Å². The second kappa shape index (κ2) is 6.31. The molecule has 0 aliphatic carbocycles. The third-order valence-corrected chi connectivity index (χ3v) is 4.38. The zero-order valence-corrected chi connectivity index (χ0v) is 13.0. The molecule has 0 fully saturated rings. The Hall–Kier alpha value is -1.19. The predicted octanol–water partition coefficient (Wildman–Crippen LogP) is 3.96. The highest BCUT2D eigenvalue weighted by atomic mass is 32.1. The van der Waals surface area contributed by atoms with Crippen LogP contribution in [0.2, 0.25) is 0 Å². The lowest BCUT2D eigenvalue weighted by atomic mass is 10.00. The average Bonchev–Trinajstić information content (AvgIpc) is 2.78. The van der Waals surface area contributed by atoms with Crippen LogP contribution in [0.5, 0.6) is 0 Å². The Morgan fingerprint density at radius 3 is 2.74 bits per heavy atom. The zero-order valence-electron chi connectivity index (χ0n) is 12.2. The molecule has 0 saturated carbocycles. The Bertz CT molecular complexity index is 545. The van der Waals surface area contributed by atoms with Crippen LogP contribution >= 0.6 is 11.3 Å². The lowest BCUT2D eigenvalue weighted by Gasteiger charge is -2.17. The third-order valence-electron chi connectivity index (χ3n) is 3.36. The second-order valence-corrected chi connectivity index (χ2v) is 6.11. The molecule has 1 aromatic heterocycles. The fourth-order valence-electron chi connectivity index (χ4n) is 2.25. The smallest absolute Gasteiger partial charge is 0.0940 e. The molecular formula is C16H22N2S. The van der Waals surface area contributed by atoms with Crippen molar-refractivity contribution in [3.05, 3.63) is 51.0 Å². The van der Waals surface area contributed by atoms with Gasteiger partial charge in [-0.2, -0.15) is 0 Å². The predicted molar refractivity (Wildman–Crippen MR) is 82.9 cm³/mol. The standard InChI is InChI=1S/C16H22N2S/c1-11-5-6-12(2)15(9-11)14(4)17-8-7-16-18-13(3)10-19-16/h5-6,9-10,14,17H,7-8H2,1-4H3. The van der Waals surface area contributed by atoms with E-state index in [0.29, 0.717) is 6.04 Å². The fourth-order valence-corrected chi connectivity index (χ4v) is 3.03. The summed E-state index contributed by atoms with van der Waals surface area (Å²) in [6.07, 6.45) is 1.01. The van der Waals surface area contributed by atoms with Crippen LogP contribution in [0.4, 0.5) is 0 Å². The molecule has 2 rings (SSSR count). The molecule has 3 heteroatoms. The molecule has 1 N–H and O–H groups in total. The molecule has 102 valence electrons. The fraction of sp³-hybridized carbons (Fsp3) is 0.438. The monoisotopic (exact) mass is 274 g/mol. The van der Waals surface area contributed by atoms with Crippen molar-refractivity contribution in [1.29, 1.82) is 0 Å². The Kier molecular flexibility index (Phi) is 4.72. The van der Waals surface area contributed by atoms with E-state index in [0.717, 1.165) is 18.7 Å². The van der Waals surface area contributed by atoms with Crippen LogP contribution in [-0.2, 0) is 6.42 Å². The van der Waals surface area contributed by atoms with E-state index in [2.05, 4.69) is 54.7 Å². The lowest BCUT2D eigenvalue weighted by Crippen LogP contribution is -2.22. The summed E-state index contributed by atoms with van der Waals surface area (Å²) in [5.41, 5.74) is 5.21. The van der Waals surface area contributed by atoms with Gasteiger partial charge in [0.1, 0.15) is 0 Å². The number of hydrogen-bond acceptors (Lipinski definition) is 3. The van der Waals surface area contributed by atoms with Gasteiger partial charge in [0, 0.05) is 30.1 Å². The van der Waals surface area contributed by atoms with Gasteiger partial charge in [0.25, 0.3) is 0 Å². The first-order chi connectivity index (χ1) is 9.06. The Morgan fingerprint density at radius 2 is 2.05 bits per heavy atom. The van der Waals surface area contributed by atoms with Crippen molar-refractivity contribution in [2.75, 3.05) is 6.54 Å². The van der Waals surface area contributed by atoms with Crippen molar-refractivity contribution in [3.63, 3.8) is 0 Å². The highest BCUT2D eigenvalue weighted by Crippen LogP contribution is 2.19. The number of aryl methyl sites for hydroxylation is 3. The number of aromatic nitrogens is 1. The number of benzene rings is 1. The topological polar surface area (TPSA) is 24.9 Å². The van der Waals surface area contributed by atoms with Crippen LogP contribution < -0.4 is 5.32 Å². The van der Waals surface area contributed by atoms with Crippen LogP contribution in [0, 0.1) is 20.8 Å². The van der Waals surface area contributed by atoms with Crippen molar-refractivity contribution in [1.82, 2.24) is 10.3 Å². The van der Waals surface area contributed by atoms with Gasteiger partial charge in [-0.25, -0.2) is 4.98 Å². The van der Waals surface area contributed by atoms with E-state index in [1.165, 1.54) is 21.7 Å². The average molecular weight is 274 g/mol. The van der Waals surface area contributed by atoms with Gasteiger partial charge >= 0.3 is 0 Å². The molecule has 2 nitrogen and oxygen atoms in total. The molecule has 0 saturated heterocycles. The summed E-state index contributed by atoms with van der Waals surface area (Å²) in [5, 5.41) is 6.93. The van der Waals surface area contributed by atoms with Crippen molar-refractivity contribution >= 4 is 11.3 Å². The van der Waals surface area contributed by atoms with E-state index in [4.69, 9.17) is 0 Å². The maximum absolute atomic E-state index is 4.49. The molecule has 1 atom stereocenters. The minimum atomic E-state index is 0.390. The van der Waals surface area contributed by atoms with E-state index in [1.807, 2.05) is 6.92 Å². The second-order valence-electron chi connectivity index (χ2n) is 5.17.